The quantitative estimate of drug-likeness (QED) is 0.768. The zero-order valence-electron chi connectivity index (χ0n) is 14.8. The molecule has 1 N–H and O–H groups in total. The van der Waals surface area contributed by atoms with Crippen LogP contribution in [-0.4, -0.2) is 15.7 Å². The van der Waals surface area contributed by atoms with Crippen molar-refractivity contribution in [1.29, 1.82) is 0 Å². The van der Waals surface area contributed by atoms with Crippen LogP contribution in [0.1, 0.15) is 33.1 Å². The molecule has 3 rings (SSSR count). The first kappa shape index (κ1) is 16.8. The van der Waals surface area contributed by atoms with Gasteiger partial charge in [-0.1, -0.05) is 6.07 Å². The maximum Gasteiger partial charge on any atom is 0.291 e. The number of rotatable bonds is 5. The van der Waals surface area contributed by atoms with Crippen molar-refractivity contribution in [1.82, 2.24) is 9.78 Å². The summed E-state index contributed by atoms with van der Waals surface area (Å²) >= 11 is 0. The number of benzene rings is 1. The Morgan fingerprint density at radius 1 is 1.20 bits per heavy atom. The molecule has 6 nitrogen and oxygen atoms in total. The second-order valence-electron chi connectivity index (χ2n) is 6.02. The largest absolute Gasteiger partial charge is 0.486 e. The Kier molecular flexibility index (Phi) is 4.61. The molecular formula is C19H21N3O3. The second-order valence-corrected chi connectivity index (χ2v) is 6.02. The number of carbonyl (C=O) groups is 1. The smallest absolute Gasteiger partial charge is 0.291 e. The van der Waals surface area contributed by atoms with Crippen molar-refractivity contribution in [2.24, 2.45) is 7.05 Å². The second kappa shape index (κ2) is 6.84. The fraction of sp³-hybridized carbons (Fsp3) is 0.263. The molecule has 130 valence electrons. The van der Waals surface area contributed by atoms with Gasteiger partial charge < -0.3 is 14.5 Å². The number of hydrogen-bond donors (Lipinski definition) is 1. The van der Waals surface area contributed by atoms with Crippen LogP contribution in [-0.2, 0) is 13.7 Å². The number of hydrogen-bond acceptors (Lipinski definition) is 4. The van der Waals surface area contributed by atoms with Gasteiger partial charge in [0, 0.05) is 7.05 Å². The lowest BCUT2D eigenvalue weighted by Crippen LogP contribution is -2.11. The summed E-state index contributed by atoms with van der Waals surface area (Å²) in [4.78, 5) is 12.3. The Morgan fingerprint density at radius 2 is 2.00 bits per heavy atom. The Balaban J connectivity index is 1.62. The molecule has 1 amide bonds. The molecule has 0 aliphatic heterocycles. The average Bonchev–Trinajstić information content (AvgIpc) is 3.18. The summed E-state index contributed by atoms with van der Waals surface area (Å²) in [6.07, 6.45) is 1.61. The summed E-state index contributed by atoms with van der Waals surface area (Å²) in [6.45, 7) is 6.24. The summed E-state index contributed by atoms with van der Waals surface area (Å²) in [5.74, 6) is 1.29. The molecule has 0 bridgehead atoms. The van der Waals surface area contributed by atoms with E-state index in [4.69, 9.17) is 9.15 Å². The van der Waals surface area contributed by atoms with Crippen LogP contribution in [0, 0.1) is 20.8 Å². The highest BCUT2D eigenvalue weighted by Crippen LogP contribution is 2.19. The molecule has 3 aromatic rings. The zero-order valence-corrected chi connectivity index (χ0v) is 14.8. The molecule has 2 heterocycles. The predicted octanol–water partition coefficient (Wildman–Crippen LogP) is 3.77. The first-order valence-electron chi connectivity index (χ1n) is 8.03. The number of ether oxygens (including phenoxy) is 1. The lowest BCUT2D eigenvalue weighted by Gasteiger charge is -2.07. The van der Waals surface area contributed by atoms with Gasteiger partial charge >= 0.3 is 0 Å². The zero-order chi connectivity index (χ0) is 18.0. The molecule has 1 aromatic carbocycles. The summed E-state index contributed by atoms with van der Waals surface area (Å²) in [6, 6.07) is 9.30. The van der Waals surface area contributed by atoms with Crippen LogP contribution >= 0.6 is 0 Å². The van der Waals surface area contributed by atoms with E-state index < -0.39 is 0 Å². The highest BCUT2D eigenvalue weighted by atomic mass is 16.5. The molecule has 0 atom stereocenters. The molecule has 0 saturated carbocycles. The topological polar surface area (TPSA) is 69.3 Å². The Bertz CT molecular complexity index is 909. The van der Waals surface area contributed by atoms with E-state index in [9.17, 15) is 4.79 Å². The van der Waals surface area contributed by atoms with E-state index in [2.05, 4.69) is 17.3 Å². The van der Waals surface area contributed by atoms with E-state index in [1.807, 2.05) is 39.1 Å². The van der Waals surface area contributed by atoms with Gasteiger partial charge in [-0.05, 0) is 56.2 Å². The third kappa shape index (κ3) is 3.74. The lowest BCUT2D eigenvalue weighted by molar-refractivity contribution is 0.0992. The number of furan rings is 1. The molecule has 2 aromatic heterocycles. The van der Waals surface area contributed by atoms with Crippen LogP contribution in [0.4, 0.5) is 5.69 Å². The number of anilines is 1. The van der Waals surface area contributed by atoms with Gasteiger partial charge in [-0.3, -0.25) is 9.48 Å². The van der Waals surface area contributed by atoms with Gasteiger partial charge in [0.15, 0.2) is 5.76 Å². The minimum absolute atomic E-state index is 0.238. The molecule has 0 spiro atoms. The standard InChI is InChI=1S/C19H21N3O3/c1-12-5-6-15(9-13(12)2)24-11-16-7-8-18(25-16)19(23)21-17-10-20-22(4)14(17)3/h5-10H,11H2,1-4H3,(H,21,23). The molecule has 0 aliphatic rings. The van der Waals surface area contributed by atoms with Gasteiger partial charge in [-0.15, -0.1) is 0 Å². The van der Waals surface area contributed by atoms with E-state index in [0.29, 0.717) is 11.4 Å². The summed E-state index contributed by atoms with van der Waals surface area (Å²) < 4.78 is 13.0. The van der Waals surface area contributed by atoms with E-state index in [1.165, 1.54) is 11.1 Å². The lowest BCUT2D eigenvalue weighted by atomic mass is 10.1. The summed E-state index contributed by atoms with van der Waals surface area (Å²) in [7, 11) is 1.82. The normalized spacial score (nSPS) is 10.7. The molecule has 0 aliphatic carbocycles. The van der Waals surface area contributed by atoms with Crippen LogP contribution in [0.25, 0.3) is 0 Å². The molecule has 6 heteroatoms. The van der Waals surface area contributed by atoms with Crippen molar-refractivity contribution in [3.8, 4) is 5.75 Å². The first-order valence-corrected chi connectivity index (χ1v) is 8.03. The molecular weight excluding hydrogens is 318 g/mol. The van der Waals surface area contributed by atoms with Crippen LogP contribution in [0.15, 0.2) is 40.9 Å². The summed E-state index contributed by atoms with van der Waals surface area (Å²) in [5.41, 5.74) is 3.92. The van der Waals surface area contributed by atoms with Gasteiger partial charge in [0.1, 0.15) is 18.1 Å². The van der Waals surface area contributed by atoms with Crippen LogP contribution in [0.3, 0.4) is 0 Å². The number of nitrogens with one attached hydrogen (secondary N) is 1. The van der Waals surface area contributed by atoms with Crippen molar-refractivity contribution in [3.05, 3.63) is 64.9 Å². The maximum atomic E-state index is 12.3. The third-order valence-electron chi connectivity index (χ3n) is 4.23. The Hall–Kier alpha value is -3.02. The van der Waals surface area contributed by atoms with Crippen LogP contribution in [0.2, 0.25) is 0 Å². The van der Waals surface area contributed by atoms with Crippen LogP contribution in [0.5, 0.6) is 5.75 Å². The van der Waals surface area contributed by atoms with Crippen molar-refractivity contribution in [2.45, 2.75) is 27.4 Å². The third-order valence-corrected chi connectivity index (χ3v) is 4.23. The van der Waals surface area contributed by atoms with Crippen molar-refractivity contribution in [2.75, 3.05) is 5.32 Å². The molecule has 0 fully saturated rings. The Labute approximate surface area is 146 Å². The van der Waals surface area contributed by atoms with Crippen molar-refractivity contribution >= 4 is 11.6 Å². The minimum Gasteiger partial charge on any atom is -0.486 e. The minimum atomic E-state index is -0.312. The van der Waals surface area contributed by atoms with E-state index in [1.54, 1.807) is 23.0 Å². The van der Waals surface area contributed by atoms with Crippen molar-refractivity contribution < 1.29 is 13.9 Å². The average molecular weight is 339 g/mol. The van der Waals surface area contributed by atoms with E-state index >= 15 is 0 Å². The summed E-state index contributed by atoms with van der Waals surface area (Å²) in [5, 5.41) is 6.89. The number of aryl methyl sites for hydroxylation is 3. The predicted molar refractivity (Wildman–Crippen MR) is 94.9 cm³/mol. The number of amides is 1. The fourth-order valence-corrected chi connectivity index (χ4v) is 2.34. The van der Waals surface area contributed by atoms with Crippen LogP contribution < -0.4 is 10.1 Å². The molecule has 0 unspecified atom stereocenters. The maximum absolute atomic E-state index is 12.3. The number of aromatic nitrogens is 2. The highest BCUT2D eigenvalue weighted by Gasteiger charge is 2.14. The monoisotopic (exact) mass is 339 g/mol. The Morgan fingerprint density at radius 3 is 2.68 bits per heavy atom. The van der Waals surface area contributed by atoms with Crippen molar-refractivity contribution in [3.63, 3.8) is 0 Å². The van der Waals surface area contributed by atoms with E-state index in [-0.39, 0.29) is 18.3 Å². The SMILES string of the molecule is Cc1ccc(OCc2ccc(C(=O)Nc3cnn(C)c3C)o2)cc1C. The highest BCUT2D eigenvalue weighted by molar-refractivity contribution is 6.02. The first-order chi connectivity index (χ1) is 11.9. The molecule has 0 radical (unpaired) electrons. The molecule has 0 saturated heterocycles. The van der Waals surface area contributed by atoms with Gasteiger partial charge in [0.05, 0.1) is 17.6 Å². The molecule has 25 heavy (non-hydrogen) atoms. The fourth-order valence-electron chi connectivity index (χ4n) is 2.34. The van der Waals surface area contributed by atoms with E-state index in [0.717, 1.165) is 11.4 Å². The number of nitrogens with zero attached hydrogens (tertiary/aromatic N) is 2. The van der Waals surface area contributed by atoms with Gasteiger partial charge in [-0.25, -0.2) is 0 Å². The van der Waals surface area contributed by atoms with Gasteiger partial charge in [-0.2, -0.15) is 5.10 Å². The number of carbonyl (C=O) groups excluding carboxylic acids is 1. The van der Waals surface area contributed by atoms with Gasteiger partial charge in [0.2, 0.25) is 0 Å². The van der Waals surface area contributed by atoms with Gasteiger partial charge in [0.25, 0.3) is 5.91 Å².